The molecule has 104 valence electrons. The van der Waals surface area contributed by atoms with Crippen molar-refractivity contribution < 1.29 is 9.18 Å². The van der Waals surface area contributed by atoms with E-state index in [0.29, 0.717) is 23.8 Å². The number of nitrogens with one attached hydrogen (secondary N) is 1. The van der Waals surface area contributed by atoms with Crippen molar-refractivity contribution in [2.45, 2.75) is 19.8 Å². The maximum Gasteiger partial charge on any atom is 0.216 e. The van der Waals surface area contributed by atoms with Gasteiger partial charge in [0, 0.05) is 32.2 Å². The first kappa shape index (κ1) is 13.6. The molecule has 1 aromatic rings. The number of nitrogens with two attached hydrogens (primary N) is 1. The molecule has 1 fully saturated rings. The van der Waals surface area contributed by atoms with E-state index < -0.39 is 0 Å². The maximum atomic E-state index is 13.8. The zero-order valence-corrected chi connectivity index (χ0v) is 11.2. The van der Waals surface area contributed by atoms with Crippen LogP contribution < -0.4 is 16.0 Å². The van der Waals surface area contributed by atoms with E-state index >= 15 is 0 Å². The lowest BCUT2D eigenvalue weighted by atomic mass is 9.96. The molecular formula is C14H20FN3O. The molecule has 1 aliphatic rings. The third-order valence-corrected chi connectivity index (χ3v) is 3.57. The number of anilines is 2. The average Bonchev–Trinajstić information content (AvgIpc) is 2.37. The van der Waals surface area contributed by atoms with Gasteiger partial charge in [-0.1, -0.05) is 0 Å². The smallest absolute Gasteiger partial charge is 0.216 e. The summed E-state index contributed by atoms with van der Waals surface area (Å²) in [6.07, 6.45) is 1.92. The van der Waals surface area contributed by atoms with E-state index in [4.69, 9.17) is 5.73 Å². The highest BCUT2D eigenvalue weighted by molar-refractivity contribution is 5.72. The Hall–Kier alpha value is -1.78. The van der Waals surface area contributed by atoms with Gasteiger partial charge in [0.1, 0.15) is 5.82 Å². The average molecular weight is 265 g/mol. The van der Waals surface area contributed by atoms with Crippen LogP contribution in [0.3, 0.4) is 0 Å². The summed E-state index contributed by atoms with van der Waals surface area (Å²) in [5.41, 5.74) is 6.61. The van der Waals surface area contributed by atoms with Crippen molar-refractivity contribution in [1.82, 2.24) is 5.32 Å². The van der Waals surface area contributed by atoms with Gasteiger partial charge in [0.2, 0.25) is 5.91 Å². The van der Waals surface area contributed by atoms with Crippen molar-refractivity contribution in [3.63, 3.8) is 0 Å². The fourth-order valence-electron chi connectivity index (χ4n) is 2.45. The molecule has 19 heavy (non-hydrogen) atoms. The highest BCUT2D eigenvalue weighted by Crippen LogP contribution is 2.26. The van der Waals surface area contributed by atoms with Crippen LogP contribution in [0.25, 0.3) is 0 Å². The number of rotatable bonds is 3. The van der Waals surface area contributed by atoms with Crippen molar-refractivity contribution in [2.75, 3.05) is 30.3 Å². The summed E-state index contributed by atoms with van der Waals surface area (Å²) in [6, 6.07) is 4.82. The molecule has 5 heteroatoms. The molecule has 0 atom stereocenters. The largest absolute Gasteiger partial charge is 0.399 e. The fraction of sp³-hybridized carbons (Fsp3) is 0.500. The van der Waals surface area contributed by atoms with Crippen LogP contribution in [0.15, 0.2) is 18.2 Å². The standard InChI is InChI=1S/C14H20FN3O/c1-10(19)17-9-11-4-6-18(7-5-11)14-3-2-12(16)8-13(14)15/h2-3,8,11H,4-7,9,16H2,1H3,(H,17,19). The second kappa shape index (κ2) is 5.91. The molecule has 0 bridgehead atoms. The third-order valence-electron chi connectivity index (χ3n) is 3.57. The molecule has 1 saturated heterocycles. The molecule has 0 aromatic heterocycles. The van der Waals surface area contributed by atoms with Crippen molar-refractivity contribution in [3.8, 4) is 0 Å². The fourth-order valence-corrected chi connectivity index (χ4v) is 2.45. The Morgan fingerprint density at radius 1 is 1.47 bits per heavy atom. The molecule has 0 spiro atoms. The van der Waals surface area contributed by atoms with E-state index in [1.165, 1.54) is 13.0 Å². The minimum absolute atomic E-state index is 0.00649. The molecular weight excluding hydrogens is 245 g/mol. The van der Waals surface area contributed by atoms with Crippen molar-refractivity contribution in [3.05, 3.63) is 24.0 Å². The van der Waals surface area contributed by atoms with Crippen LogP contribution in [0.1, 0.15) is 19.8 Å². The number of hydrogen-bond donors (Lipinski definition) is 2. The van der Waals surface area contributed by atoms with E-state index in [1.807, 2.05) is 4.90 Å². The van der Waals surface area contributed by atoms with E-state index in [2.05, 4.69) is 5.32 Å². The number of piperidine rings is 1. The van der Waals surface area contributed by atoms with Crippen molar-refractivity contribution >= 4 is 17.3 Å². The molecule has 2 rings (SSSR count). The van der Waals surface area contributed by atoms with E-state index in [9.17, 15) is 9.18 Å². The number of nitrogens with zero attached hydrogens (tertiary/aromatic N) is 1. The lowest BCUT2D eigenvalue weighted by molar-refractivity contribution is -0.119. The molecule has 1 aromatic carbocycles. The zero-order valence-electron chi connectivity index (χ0n) is 11.2. The van der Waals surface area contributed by atoms with Crippen LogP contribution in [0.2, 0.25) is 0 Å². The summed E-state index contributed by atoms with van der Waals surface area (Å²) in [5.74, 6) is 0.226. The Morgan fingerprint density at radius 3 is 2.74 bits per heavy atom. The van der Waals surface area contributed by atoms with Gasteiger partial charge in [-0.05, 0) is 37.0 Å². The van der Waals surface area contributed by atoms with Gasteiger partial charge in [0.15, 0.2) is 0 Å². The number of halogens is 1. The van der Waals surface area contributed by atoms with Gasteiger partial charge in [0.05, 0.1) is 5.69 Å². The highest BCUT2D eigenvalue weighted by Gasteiger charge is 2.21. The summed E-state index contributed by atoms with van der Waals surface area (Å²) < 4.78 is 13.8. The number of carbonyl (C=O) groups is 1. The number of nitrogen functional groups attached to an aromatic ring is 1. The molecule has 0 radical (unpaired) electrons. The van der Waals surface area contributed by atoms with Gasteiger partial charge >= 0.3 is 0 Å². The zero-order chi connectivity index (χ0) is 13.8. The van der Waals surface area contributed by atoms with Crippen LogP contribution in [0.5, 0.6) is 0 Å². The van der Waals surface area contributed by atoms with Crippen molar-refractivity contribution in [2.24, 2.45) is 5.92 Å². The van der Waals surface area contributed by atoms with Crippen molar-refractivity contribution in [1.29, 1.82) is 0 Å². The van der Waals surface area contributed by atoms with E-state index in [0.717, 1.165) is 25.9 Å². The van der Waals surface area contributed by atoms with Gasteiger partial charge in [-0.2, -0.15) is 0 Å². The minimum atomic E-state index is -0.264. The van der Waals surface area contributed by atoms with Crippen LogP contribution in [0.4, 0.5) is 15.8 Å². The second-order valence-corrected chi connectivity index (χ2v) is 5.08. The van der Waals surface area contributed by atoms with Gasteiger partial charge in [-0.3, -0.25) is 4.79 Å². The Morgan fingerprint density at radius 2 is 2.16 bits per heavy atom. The Bertz CT molecular complexity index is 456. The van der Waals surface area contributed by atoms with Crippen LogP contribution in [-0.4, -0.2) is 25.5 Å². The van der Waals surface area contributed by atoms with Gasteiger partial charge in [-0.25, -0.2) is 4.39 Å². The minimum Gasteiger partial charge on any atom is -0.399 e. The number of hydrogen-bond acceptors (Lipinski definition) is 3. The number of carbonyl (C=O) groups excluding carboxylic acids is 1. The highest BCUT2D eigenvalue weighted by atomic mass is 19.1. The first-order chi connectivity index (χ1) is 9.06. The Balaban J connectivity index is 1.90. The lowest BCUT2D eigenvalue weighted by Gasteiger charge is -2.33. The van der Waals surface area contributed by atoms with Gasteiger partial charge in [-0.15, -0.1) is 0 Å². The lowest BCUT2D eigenvalue weighted by Crippen LogP contribution is -2.38. The normalized spacial score (nSPS) is 16.4. The summed E-state index contributed by atoms with van der Waals surface area (Å²) in [4.78, 5) is 12.9. The molecule has 0 aliphatic carbocycles. The number of amides is 1. The van der Waals surface area contributed by atoms with Gasteiger partial charge < -0.3 is 16.0 Å². The maximum absolute atomic E-state index is 13.8. The first-order valence-corrected chi connectivity index (χ1v) is 6.60. The Labute approximate surface area is 112 Å². The van der Waals surface area contributed by atoms with E-state index in [-0.39, 0.29) is 11.7 Å². The molecule has 4 nitrogen and oxygen atoms in total. The molecule has 0 unspecified atom stereocenters. The molecule has 3 N–H and O–H groups in total. The molecule has 1 aliphatic heterocycles. The molecule has 0 saturated carbocycles. The SMILES string of the molecule is CC(=O)NCC1CCN(c2ccc(N)cc2F)CC1. The topological polar surface area (TPSA) is 58.4 Å². The molecule has 1 heterocycles. The third kappa shape index (κ3) is 3.59. The quantitative estimate of drug-likeness (QED) is 0.819. The number of benzene rings is 1. The van der Waals surface area contributed by atoms with Crippen LogP contribution >= 0.6 is 0 Å². The predicted molar refractivity (Wildman–Crippen MR) is 74.4 cm³/mol. The summed E-state index contributed by atoms with van der Waals surface area (Å²) in [5, 5.41) is 2.84. The summed E-state index contributed by atoms with van der Waals surface area (Å²) in [7, 11) is 0. The van der Waals surface area contributed by atoms with Gasteiger partial charge in [0.25, 0.3) is 0 Å². The second-order valence-electron chi connectivity index (χ2n) is 5.08. The summed E-state index contributed by atoms with van der Waals surface area (Å²) in [6.45, 7) is 3.86. The summed E-state index contributed by atoms with van der Waals surface area (Å²) >= 11 is 0. The molecule has 1 amide bonds. The van der Waals surface area contributed by atoms with Crippen LogP contribution in [0, 0.1) is 11.7 Å². The Kier molecular flexibility index (Phi) is 4.24. The van der Waals surface area contributed by atoms with E-state index in [1.54, 1.807) is 12.1 Å². The monoisotopic (exact) mass is 265 g/mol. The first-order valence-electron chi connectivity index (χ1n) is 6.60. The van der Waals surface area contributed by atoms with Crippen LogP contribution in [-0.2, 0) is 4.79 Å². The predicted octanol–water partition coefficient (Wildman–Crippen LogP) is 1.76.